The van der Waals surface area contributed by atoms with Gasteiger partial charge in [0.2, 0.25) is 5.66 Å². The van der Waals surface area contributed by atoms with Gasteiger partial charge in [0, 0.05) is 19.0 Å². The minimum Gasteiger partial charge on any atom is -0.478 e. The molecule has 0 saturated carbocycles. The molecule has 0 amide bonds. The summed E-state index contributed by atoms with van der Waals surface area (Å²) in [7, 11) is -2.36. The van der Waals surface area contributed by atoms with E-state index in [1.165, 1.54) is 0 Å². The number of rotatable bonds is 7. The van der Waals surface area contributed by atoms with E-state index in [1.807, 2.05) is 36.4 Å². The molecule has 7 heteroatoms. The number of ether oxygens (including phenoxy) is 1. The zero-order valence-electron chi connectivity index (χ0n) is 14.8. The normalized spacial score (nSPS) is 21.4. The number of hydrogen-bond donors (Lipinski definition) is 3. The second-order valence-corrected chi connectivity index (χ2v) is 8.01. The van der Waals surface area contributed by atoms with Gasteiger partial charge in [-0.05, 0) is 34.2 Å². The predicted molar refractivity (Wildman–Crippen MR) is 102 cm³/mol. The summed E-state index contributed by atoms with van der Waals surface area (Å²) in [6.07, 6.45) is 0.799. The number of nitrogens with one attached hydrogen (secondary N) is 1. The average Bonchev–Trinajstić information content (AvgIpc) is 2.68. The molecule has 2 unspecified atom stereocenters. The molecule has 2 aromatic rings. The fourth-order valence-corrected chi connectivity index (χ4v) is 4.18. The summed E-state index contributed by atoms with van der Waals surface area (Å²) in [4.78, 5) is 20.8. The van der Waals surface area contributed by atoms with Crippen LogP contribution in [0.4, 0.5) is 0 Å². The van der Waals surface area contributed by atoms with E-state index < -0.39 is 19.7 Å². The van der Waals surface area contributed by atoms with Crippen molar-refractivity contribution in [3.05, 3.63) is 71.3 Å². The van der Waals surface area contributed by atoms with Gasteiger partial charge in [-0.25, -0.2) is 4.79 Å². The van der Waals surface area contributed by atoms with E-state index in [-0.39, 0.29) is 17.7 Å². The summed E-state index contributed by atoms with van der Waals surface area (Å²) in [6, 6.07) is 16.5. The Kier molecular flexibility index (Phi) is 6.69. The Morgan fingerprint density at radius 1 is 1.19 bits per heavy atom. The number of carboxylic acids is 1. The first kappa shape index (κ1) is 19.6. The zero-order chi connectivity index (χ0) is 19.2. The Morgan fingerprint density at radius 2 is 1.93 bits per heavy atom. The smallest absolute Gasteiger partial charge is 0.478 e. The highest BCUT2D eigenvalue weighted by Gasteiger charge is 2.40. The van der Waals surface area contributed by atoms with E-state index in [0.717, 1.165) is 11.1 Å². The molecule has 1 fully saturated rings. The van der Waals surface area contributed by atoms with Gasteiger partial charge in [-0.2, -0.15) is 4.89 Å². The van der Waals surface area contributed by atoms with Crippen molar-refractivity contribution in [2.24, 2.45) is 0 Å². The summed E-state index contributed by atoms with van der Waals surface area (Å²) in [5, 5.41) is 12.5. The maximum atomic E-state index is 11.9. The highest BCUT2D eigenvalue weighted by atomic mass is 31.1. The van der Waals surface area contributed by atoms with Gasteiger partial charge in [0.05, 0.1) is 12.2 Å². The number of aromatic carboxylic acids is 1. The van der Waals surface area contributed by atoms with E-state index in [0.29, 0.717) is 26.0 Å². The molecule has 0 aromatic heterocycles. The minimum atomic E-state index is -2.36. The third-order valence-electron chi connectivity index (χ3n) is 4.78. The molecular formula is C20H23NO5P+. The first-order valence-corrected chi connectivity index (χ1v) is 10.2. The lowest BCUT2D eigenvalue weighted by Crippen LogP contribution is -2.51. The summed E-state index contributed by atoms with van der Waals surface area (Å²) in [5.41, 5.74) is 1.73. The van der Waals surface area contributed by atoms with Gasteiger partial charge in [-0.3, -0.25) is 0 Å². The third kappa shape index (κ3) is 5.44. The molecule has 27 heavy (non-hydrogen) atoms. The highest BCUT2D eigenvalue weighted by molar-refractivity contribution is 7.39. The molecule has 142 valence electrons. The Hall–Kier alpha value is -2.11. The Labute approximate surface area is 159 Å². The van der Waals surface area contributed by atoms with Crippen molar-refractivity contribution in [3.63, 3.8) is 0 Å². The number of carboxylic acid groups (broad SMARTS) is 1. The van der Waals surface area contributed by atoms with Gasteiger partial charge < -0.3 is 15.2 Å². The highest BCUT2D eigenvalue weighted by Crippen LogP contribution is 2.31. The van der Waals surface area contributed by atoms with Crippen LogP contribution >= 0.6 is 8.03 Å². The third-order valence-corrected chi connectivity index (χ3v) is 5.86. The summed E-state index contributed by atoms with van der Waals surface area (Å²) in [6.45, 7) is 0.902. The van der Waals surface area contributed by atoms with Crippen LogP contribution in [0.15, 0.2) is 54.6 Å². The second-order valence-electron chi connectivity index (χ2n) is 6.75. The number of benzene rings is 2. The fourth-order valence-electron chi connectivity index (χ4n) is 3.34. The van der Waals surface area contributed by atoms with Crippen molar-refractivity contribution < 1.29 is 24.1 Å². The van der Waals surface area contributed by atoms with Crippen LogP contribution in [0.25, 0.3) is 0 Å². The van der Waals surface area contributed by atoms with Crippen molar-refractivity contribution in [1.82, 2.24) is 5.32 Å². The fraction of sp³-hybridized carbons (Fsp3) is 0.350. The molecular weight excluding hydrogens is 365 g/mol. The average molecular weight is 388 g/mol. The monoisotopic (exact) mass is 388 g/mol. The summed E-state index contributed by atoms with van der Waals surface area (Å²) >= 11 is 0. The van der Waals surface area contributed by atoms with E-state index in [4.69, 9.17) is 9.84 Å². The van der Waals surface area contributed by atoms with Gasteiger partial charge in [-0.1, -0.05) is 42.5 Å². The van der Waals surface area contributed by atoms with Crippen molar-refractivity contribution in [3.8, 4) is 0 Å². The topological polar surface area (TPSA) is 95.9 Å². The standard InChI is InChI=1S/C20H22NO5P/c22-20(23)16-8-4-7-15(9-16)10-17-13-26-18(12-21-17)19(27(24)25)11-14-5-2-1-3-6-14/h1-9,17-19,21H,10-13H2,(H-,22,23,24,25)/p+1/t17-,18+,19?/m1/s1. The first-order valence-electron chi connectivity index (χ1n) is 8.89. The maximum Gasteiger partial charge on any atom is 0.511 e. The van der Waals surface area contributed by atoms with Gasteiger partial charge >= 0.3 is 14.0 Å². The predicted octanol–water partition coefficient (Wildman–Crippen LogP) is 2.63. The second kappa shape index (κ2) is 9.20. The molecule has 0 radical (unpaired) electrons. The number of carbonyl (C=O) groups is 1. The number of hydrogen-bond acceptors (Lipinski definition) is 4. The van der Waals surface area contributed by atoms with Gasteiger partial charge in [0.15, 0.2) is 0 Å². The van der Waals surface area contributed by atoms with Crippen LogP contribution in [0.3, 0.4) is 0 Å². The van der Waals surface area contributed by atoms with Gasteiger partial charge in [0.25, 0.3) is 0 Å². The first-order chi connectivity index (χ1) is 13.0. The molecule has 3 N–H and O–H groups in total. The lowest BCUT2D eigenvalue weighted by Gasteiger charge is -2.31. The van der Waals surface area contributed by atoms with Crippen LogP contribution in [0.2, 0.25) is 0 Å². The van der Waals surface area contributed by atoms with Gasteiger partial charge in [0.1, 0.15) is 6.10 Å². The molecule has 3 rings (SSSR count). The Balaban J connectivity index is 1.57. The maximum absolute atomic E-state index is 11.9. The van der Waals surface area contributed by atoms with Gasteiger partial charge in [-0.15, -0.1) is 0 Å². The molecule has 6 nitrogen and oxygen atoms in total. The van der Waals surface area contributed by atoms with Crippen LogP contribution < -0.4 is 5.32 Å². The van der Waals surface area contributed by atoms with Crippen molar-refractivity contribution in [1.29, 1.82) is 0 Å². The lowest BCUT2D eigenvalue weighted by atomic mass is 10.0. The van der Waals surface area contributed by atoms with Crippen molar-refractivity contribution in [2.45, 2.75) is 30.6 Å². The quantitative estimate of drug-likeness (QED) is 0.631. The van der Waals surface area contributed by atoms with E-state index in [9.17, 15) is 14.3 Å². The molecule has 2 aromatic carbocycles. The Bertz CT molecular complexity index is 790. The van der Waals surface area contributed by atoms with Crippen molar-refractivity contribution >= 4 is 14.0 Å². The lowest BCUT2D eigenvalue weighted by molar-refractivity contribution is 0.00137. The van der Waals surface area contributed by atoms with Crippen LogP contribution in [0.5, 0.6) is 0 Å². The molecule has 0 spiro atoms. The summed E-state index contributed by atoms with van der Waals surface area (Å²) in [5.74, 6) is -0.944. The van der Waals surface area contributed by atoms with E-state index in [1.54, 1.807) is 18.2 Å². The summed E-state index contributed by atoms with van der Waals surface area (Å²) < 4.78 is 17.8. The largest absolute Gasteiger partial charge is 0.511 e. The number of morpholine rings is 1. The molecule has 1 heterocycles. The Morgan fingerprint density at radius 3 is 2.56 bits per heavy atom. The molecule has 1 saturated heterocycles. The molecule has 1 aliphatic rings. The van der Waals surface area contributed by atoms with Crippen LogP contribution in [-0.2, 0) is 22.1 Å². The van der Waals surface area contributed by atoms with Crippen molar-refractivity contribution in [2.75, 3.05) is 13.2 Å². The van der Waals surface area contributed by atoms with E-state index >= 15 is 0 Å². The van der Waals surface area contributed by atoms with E-state index in [2.05, 4.69) is 5.32 Å². The molecule has 0 aliphatic carbocycles. The molecule has 1 aliphatic heterocycles. The SMILES string of the molecule is O=C(O)c1cccc(C[C@@H]2CO[C@H](C(Cc3ccccc3)[P+](=O)O)CN2)c1. The minimum absolute atomic E-state index is 0.0410. The molecule has 0 bridgehead atoms. The zero-order valence-corrected chi connectivity index (χ0v) is 15.7. The van der Waals surface area contributed by atoms with Crippen LogP contribution in [0.1, 0.15) is 21.5 Å². The van der Waals surface area contributed by atoms with Crippen LogP contribution in [0, 0.1) is 0 Å². The van der Waals surface area contributed by atoms with Crippen LogP contribution in [-0.4, -0.2) is 46.9 Å². The molecule has 4 atom stereocenters.